The minimum atomic E-state index is -0.443. The van der Waals surface area contributed by atoms with Crippen LogP contribution in [0.15, 0.2) is 42.6 Å². The molecule has 0 bridgehead atoms. The van der Waals surface area contributed by atoms with Crippen molar-refractivity contribution in [3.05, 3.63) is 58.3 Å². The first-order valence-electron chi connectivity index (χ1n) is 9.58. The SMILES string of the molecule is O=[N+]([O-])c1ccc(NCc2ccc(N3CCN(CC4CC4)CC3)cc2)nc1. The van der Waals surface area contributed by atoms with Crippen LogP contribution in [0.3, 0.4) is 0 Å². The number of rotatable bonds is 7. The van der Waals surface area contributed by atoms with Crippen molar-refractivity contribution in [2.75, 3.05) is 42.9 Å². The molecule has 7 heteroatoms. The van der Waals surface area contributed by atoms with Gasteiger partial charge in [-0.15, -0.1) is 0 Å². The Labute approximate surface area is 159 Å². The van der Waals surface area contributed by atoms with E-state index in [9.17, 15) is 10.1 Å². The van der Waals surface area contributed by atoms with Crippen LogP contribution < -0.4 is 10.2 Å². The van der Waals surface area contributed by atoms with Crippen LogP contribution in [0.4, 0.5) is 17.2 Å². The Bertz CT molecular complexity index is 766. The van der Waals surface area contributed by atoms with Gasteiger partial charge in [-0.25, -0.2) is 4.98 Å². The monoisotopic (exact) mass is 367 g/mol. The van der Waals surface area contributed by atoms with Crippen molar-refractivity contribution >= 4 is 17.2 Å². The summed E-state index contributed by atoms with van der Waals surface area (Å²) in [4.78, 5) is 19.3. The molecule has 1 aromatic carbocycles. The number of nitro groups is 1. The van der Waals surface area contributed by atoms with E-state index >= 15 is 0 Å². The topological polar surface area (TPSA) is 74.5 Å². The van der Waals surface area contributed by atoms with Crippen LogP contribution in [0, 0.1) is 16.0 Å². The van der Waals surface area contributed by atoms with Gasteiger partial charge in [0.2, 0.25) is 0 Å². The van der Waals surface area contributed by atoms with Crippen LogP contribution >= 0.6 is 0 Å². The van der Waals surface area contributed by atoms with E-state index in [1.807, 2.05) is 0 Å². The van der Waals surface area contributed by atoms with Gasteiger partial charge in [0, 0.05) is 51.0 Å². The molecule has 4 rings (SSSR count). The summed E-state index contributed by atoms with van der Waals surface area (Å²) in [6.45, 7) is 6.43. The second kappa shape index (κ2) is 7.92. The van der Waals surface area contributed by atoms with Gasteiger partial charge in [-0.1, -0.05) is 12.1 Å². The van der Waals surface area contributed by atoms with Crippen LogP contribution in [0.2, 0.25) is 0 Å². The van der Waals surface area contributed by atoms with Crippen LogP contribution in [0.25, 0.3) is 0 Å². The molecular formula is C20H25N5O2. The number of hydrogen-bond donors (Lipinski definition) is 1. The molecule has 0 spiro atoms. The van der Waals surface area contributed by atoms with E-state index in [0.29, 0.717) is 12.4 Å². The van der Waals surface area contributed by atoms with E-state index in [1.165, 1.54) is 37.3 Å². The number of aromatic nitrogens is 1. The highest BCUT2D eigenvalue weighted by Gasteiger charge is 2.26. The molecule has 2 aromatic rings. The molecule has 27 heavy (non-hydrogen) atoms. The summed E-state index contributed by atoms with van der Waals surface area (Å²) in [5.41, 5.74) is 2.44. The largest absolute Gasteiger partial charge is 0.369 e. The fourth-order valence-electron chi connectivity index (χ4n) is 3.47. The van der Waals surface area contributed by atoms with Crippen molar-refractivity contribution < 1.29 is 4.92 Å². The Balaban J connectivity index is 1.26. The van der Waals surface area contributed by atoms with E-state index in [2.05, 4.69) is 44.4 Å². The summed E-state index contributed by atoms with van der Waals surface area (Å²) < 4.78 is 0. The average molecular weight is 367 g/mol. The summed E-state index contributed by atoms with van der Waals surface area (Å²) in [5, 5.41) is 13.9. The van der Waals surface area contributed by atoms with Crippen LogP contribution in [-0.2, 0) is 6.54 Å². The number of pyridine rings is 1. The molecular weight excluding hydrogens is 342 g/mol. The molecule has 1 aliphatic carbocycles. The fraction of sp³-hybridized carbons (Fsp3) is 0.450. The van der Waals surface area contributed by atoms with Crippen molar-refractivity contribution in [1.29, 1.82) is 0 Å². The molecule has 1 N–H and O–H groups in total. The van der Waals surface area contributed by atoms with Gasteiger partial charge in [-0.05, 0) is 42.5 Å². The lowest BCUT2D eigenvalue weighted by Crippen LogP contribution is -2.47. The minimum absolute atomic E-state index is 0.00197. The van der Waals surface area contributed by atoms with Gasteiger partial charge in [-0.2, -0.15) is 0 Å². The lowest BCUT2D eigenvalue weighted by atomic mass is 10.1. The first-order chi connectivity index (χ1) is 13.2. The smallest absolute Gasteiger partial charge is 0.287 e. The number of nitrogens with one attached hydrogen (secondary N) is 1. The Morgan fingerprint density at radius 3 is 2.41 bits per heavy atom. The van der Waals surface area contributed by atoms with Gasteiger partial charge in [0.1, 0.15) is 12.0 Å². The van der Waals surface area contributed by atoms with Crippen molar-refractivity contribution in [3.8, 4) is 0 Å². The highest BCUT2D eigenvalue weighted by molar-refractivity contribution is 5.49. The standard InChI is InChI=1S/C20H25N5O2/c26-25(27)19-7-8-20(22-14-19)21-13-16-3-5-18(6-4-16)24-11-9-23(10-12-24)15-17-1-2-17/h3-8,14,17H,1-2,9-13,15H2,(H,21,22). The molecule has 0 atom stereocenters. The van der Waals surface area contributed by atoms with Gasteiger partial charge in [-0.3, -0.25) is 15.0 Å². The summed E-state index contributed by atoms with van der Waals surface area (Å²) in [6, 6.07) is 11.7. The summed E-state index contributed by atoms with van der Waals surface area (Å²) in [7, 11) is 0. The Morgan fingerprint density at radius 2 is 1.81 bits per heavy atom. The van der Waals surface area contributed by atoms with Gasteiger partial charge >= 0.3 is 0 Å². The van der Waals surface area contributed by atoms with E-state index in [-0.39, 0.29) is 5.69 Å². The Kier molecular flexibility index (Phi) is 5.20. The molecule has 1 aromatic heterocycles. The van der Waals surface area contributed by atoms with E-state index in [4.69, 9.17) is 0 Å². The van der Waals surface area contributed by atoms with Gasteiger partial charge in [0.25, 0.3) is 5.69 Å². The van der Waals surface area contributed by atoms with Crippen molar-refractivity contribution in [3.63, 3.8) is 0 Å². The van der Waals surface area contributed by atoms with Gasteiger partial charge < -0.3 is 10.2 Å². The molecule has 2 heterocycles. The molecule has 1 aliphatic heterocycles. The van der Waals surface area contributed by atoms with Crippen LogP contribution in [0.1, 0.15) is 18.4 Å². The maximum atomic E-state index is 10.7. The molecule has 2 aliphatic rings. The number of hydrogen-bond acceptors (Lipinski definition) is 6. The molecule has 1 saturated heterocycles. The van der Waals surface area contributed by atoms with E-state index in [0.717, 1.165) is 37.7 Å². The normalized spacial score (nSPS) is 17.7. The molecule has 0 amide bonds. The first kappa shape index (κ1) is 17.7. The molecule has 0 radical (unpaired) electrons. The van der Waals surface area contributed by atoms with Gasteiger partial charge in [0.15, 0.2) is 0 Å². The van der Waals surface area contributed by atoms with E-state index in [1.54, 1.807) is 6.07 Å². The number of nitrogens with zero attached hydrogens (tertiary/aromatic N) is 4. The third kappa shape index (κ3) is 4.74. The Hall–Kier alpha value is -2.67. The van der Waals surface area contributed by atoms with Crippen molar-refractivity contribution in [2.45, 2.75) is 19.4 Å². The summed E-state index contributed by atoms with van der Waals surface area (Å²) in [6.07, 6.45) is 4.12. The van der Waals surface area contributed by atoms with Gasteiger partial charge in [0.05, 0.1) is 4.92 Å². The molecule has 2 fully saturated rings. The third-order valence-corrected chi connectivity index (χ3v) is 5.32. The quantitative estimate of drug-likeness (QED) is 0.599. The number of anilines is 2. The summed E-state index contributed by atoms with van der Waals surface area (Å²) in [5.74, 6) is 1.60. The highest BCUT2D eigenvalue weighted by atomic mass is 16.6. The molecule has 1 saturated carbocycles. The second-order valence-corrected chi connectivity index (χ2v) is 7.41. The second-order valence-electron chi connectivity index (χ2n) is 7.41. The highest BCUT2D eigenvalue weighted by Crippen LogP contribution is 2.30. The zero-order valence-electron chi connectivity index (χ0n) is 15.4. The lowest BCUT2D eigenvalue weighted by molar-refractivity contribution is -0.385. The van der Waals surface area contributed by atoms with Crippen LogP contribution in [-0.4, -0.2) is 47.5 Å². The fourth-order valence-corrected chi connectivity index (χ4v) is 3.47. The lowest BCUT2D eigenvalue weighted by Gasteiger charge is -2.36. The summed E-state index contributed by atoms with van der Waals surface area (Å²) >= 11 is 0. The van der Waals surface area contributed by atoms with Crippen LogP contribution in [0.5, 0.6) is 0 Å². The predicted octanol–water partition coefficient (Wildman–Crippen LogP) is 3.13. The zero-order valence-corrected chi connectivity index (χ0v) is 15.4. The van der Waals surface area contributed by atoms with E-state index < -0.39 is 4.92 Å². The zero-order chi connectivity index (χ0) is 18.6. The minimum Gasteiger partial charge on any atom is -0.369 e. The molecule has 7 nitrogen and oxygen atoms in total. The Morgan fingerprint density at radius 1 is 1.07 bits per heavy atom. The average Bonchev–Trinajstić information content (AvgIpc) is 3.52. The maximum Gasteiger partial charge on any atom is 0.287 e. The maximum absolute atomic E-state index is 10.7. The molecule has 0 unspecified atom stereocenters. The number of piperazine rings is 1. The first-order valence-corrected chi connectivity index (χ1v) is 9.58. The van der Waals surface area contributed by atoms with Crippen molar-refractivity contribution in [2.24, 2.45) is 5.92 Å². The van der Waals surface area contributed by atoms with Crippen molar-refractivity contribution in [1.82, 2.24) is 9.88 Å². The molecule has 142 valence electrons. The number of benzene rings is 1. The third-order valence-electron chi connectivity index (χ3n) is 5.32. The predicted molar refractivity (Wildman–Crippen MR) is 106 cm³/mol.